The Labute approximate surface area is 85.4 Å². The number of nitrogens with one attached hydrogen (secondary N) is 1. The molecule has 5 heteroatoms. The number of fused-ring (bicyclic) bond motifs is 1. The second-order valence-corrected chi connectivity index (χ2v) is 3.63. The van der Waals surface area contributed by atoms with Crippen LogP contribution in [0.5, 0.6) is 0 Å². The van der Waals surface area contributed by atoms with E-state index in [0.717, 1.165) is 0 Å². The molecule has 0 amide bonds. The van der Waals surface area contributed by atoms with Crippen molar-refractivity contribution < 1.29 is 0 Å². The predicted molar refractivity (Wildman–Crippen MR) is 57.0 cm³/mol. The summed E-state index contributed by atoms with van der Waals surface area (Å²) in [6.45, 7) is 3.78. The highest BCUT2D eigenvalue weighted by molar-refractivity contribution is 5.76. The normalized spacial score (nSPS) is 11.1. The lowest BCUT2D eigenvalue weighted by Crippen LogP contribution is -2.23. The third-order valence-corrected chi connectivity index (χ3v) is 2.28. The first-order valence-corrected chi connectivity index (χ1v) is 4.70. The van der Waals surface area contributed by atoms with E-state index in [1.54, 1.807) is 4.57 Å². The van der Waals surface area contributed by atoms with Gasteiger partial charge < -0.3 is 4.57 Å². The summed E-state index contributed by atoms with van der Waals surface area (Å²) in [6.07, 6.45) is 1.50. The van der Waals surface area contributed by atoms with Gasteiger partial charge in [-0.3, -0.25) is 9.59 Å². The SMILES string of the molecule is CC(C)n1c(=O)ccc2c(=O)[nH]ncc21. The summed E-state index contributed by atoms with van der Waals surface area (Å²) in [7, 11) is 0. The highest BCUT2D eigenvalue weighted by atomic mass is 16.1. The molecule has 78 valence electrons. The zero-order chi connectivity index (χ0) is 11.0. The van der Waals surface area contributed by atoms with Crippen LogP contribution in [0.3, 0.4) is 0 Å². The predicted octanol–water partition coefficient (Wildman–Crippen LogP) is 0.666. The van der Waals surface area contributed by atoms with Gasteiger partial charge in [-0.15, -0.1) is 0 Å². The van der Waals surface area contributed by atoms with Crippen LogP contribution in [-0.2, 0) is 0 Å². The Balaban J connectivity index is 3.01. The van der Waals surface area contributed by atoms with Gasteiger partial charge in [0.05, 0.1) is 17.1 Å². The van der Waals surface area contributed by atoms with E-state index >= 15 is 0 Å². The van der Waals surface area contributed by atoms with Crippen molar-refractivity contribution in [3.63, 3.8) is 0 Å². The Bertz CT molecular complexity index is 610. The van der Waals surface area contributed by atoms with Gasteiger partial charge in [-0.25, -0.2) is 5.10 Å². The Hall–Kier alpha value is -1.91. The van der Waals surface area contributed by atoms with Crippen molar-refractivity contribution in [2.75, 3.05) is 0 Å². The average Bonchev–Trinajstić information content (AvgIpc) is 2.17. The molecule has 1 N–H and O–H groups in total. The Morgan fingerprint density at radius 3 is 2.73 bits per heavy atom. The largest absolute Gasteiger partial charge is 0.304 e. The zero-order valence-corrected chi connectivity index (χ0v) is 8.52. The van der Waals surface area contributed by atoms with Gasteiger partial charge in [-0.1, -0.05) is 0 Å². The molecule has 0 aliphatic carbocycles. The number of rotatable bonds is 1. The third-order valence-electron chi connectivity index (χ3n) is 2.28. The van der Waals surface area contributed by atoms with Crippen LogP contribution in [0.1, 0.15) is 19.9 Å². The molecule has 0 aromatic carbocycles. The van der Waals surface area contributed by atoms with E-state index in [0.29, 0.717) is 10.9 Å². The first-order chi connectivity index (χ1) is 7.11. The summed E-state index contributed by atoms with van der Waals surface area (Å²) in [5.41, 5.74) is 0.174. The first-order valence-electron chi connectivity index (χ1n) is 4.70. The van der Waals surface area contributed by atoms with Gasteiger partial charge >= 0.3 is 0 Å². The molecule has 0 atom stereocenters. The summed E-state index contributed by atoms with van der Waals surface area (Å²) in [5.74, 6) is 0. The molecule has 15 heavy (non-hydrogen) atoms. The number of hydrogen-bond acceptors (Lipinski definition) is 3. The second kappa shape index (κ2) is 3.34. The lowest BCUT2D eigenvalue weighted by molar-refractivity contribution is 0.599. The van der Waals surface area contributed by atoms with Crippen LogP contribution in [0.25, 0.3) is 10.9 Å². The Kier molecular flexibility index (Phi) is 2.15. The highest BCUT2D eigenvalue weighted by Gasteiger charge is 2.08. The van der Waals surface area contributed by atoms with Crippen molar-refractivity contribution >= 4 is 10.9 Å². The van der Waals surface area contributed by atoms with E-state index in [2.05, 4.69) is 10.2 Å². The summed E-state index contributed by atoms with van der Waals surface area (Å²) in [4.78, 5) is 23.0. The minimum atomic E-state index is -0.276. The zero-order valence-electron chi connectivity index (χ0n) is 8.52. The minimum absolute atomic E-state index is 0.00444. The van der Waals surface area contributed by atoms with Crippen LogP contribution in [0.2, 0.25) is 0 Å². The summed E-state index contributed by atoms with van der Waals surface area (Å²) >= 11 is 0. The maximum Gasteiger partial charge on any atom is 0.273 e. The van der Waals surface area contributed by atoms with Gasteiger partial charge in [-0.05, 0) is 19.9 Å². The number of nitrogens with zero attached hydrogens (tertiary/aromatic N) is 2. The van der Waals surface area contributed by atoms with Crippen molar-refractivity contribution in [1.29, 1.82) is 0 Å². The lowest BCUT2D eigenvalue weighted by atomic mass is 10.2. The van der Waals surface area contributed by atoms with Crippen molar-refractivity contribution in [1.82, 2.24) is 14.8 Å². The number of H-pyrrole nitrogens is 1. The third kappa shape index (κ3) is 1.45. The highest BCUT2D eigenvalue weighted by Crippen LogP contribution is 2.09. The fourth-order valence-electron chi connectivity index (χ4n) is 1.64. The molecule has 0 radical (unpaired) electrons. The molecule has 0 fully saturated rings. The van der Waals surface area contributed by atoms with Gasteiger partial charge in [-0.2, -0.15) is 5.10 Å². The fourth-order valence-corrected chi connectivity index (χ4v) is 1.64. The van der Waals surface area contributed by atoms with Crippen molar-refractivity contribution in [2.24, 2.45) is 0 Å². The molecule has 0 aliphatic heterocycles. The van der Waals surface area contributed by atoms with Crippen molar-refractivity contribution in [2.45, 2.75) is 19.9 Å². The van der Waals surface area contributed by atoms with Crippen LogP contribution in [-0.4, -0.2) is 14.8 Å². The average molecular weight is 205 g/mol. The van der Waals surface area contributed by atoms with Crippen molar-refractivity contribution in [3.8, 4) is 0 Å². The monoisotopic (exact) mass is 205 g/mol. The van der Waals surface area contributed by atoms with Crippen LogP contribution in [0, 0.1) is 0 Å². The van der Waals surface area contributed by atoms with Gasteiger partial charge in [0.25, 0.3) is 11.1 Å². The van der Waals surface area contributed by atoms with E-state index in [-0.39, 0.29) is 17.2 Å². The van der Waals surface area contributed by atoms with E-state index in [4.69, 9.17) is 0 Å². The van der Waals surface area contributed by atoms with Crippen LogP contribution < -0.4 is 11.1 Å². The Morgan fingerprint density at radius 2 is 2.07 bits per heavy atom. The molecule has 0 bridgehead atoms. The van der Waals surface area contributed by atoms with Crippen molar-refractivity contribution in [3.05, 3.63) is 39.0 Å². The molecule has 0 spiro atoms. The topological polar surface area (TPSA) is 67.8 Å². The lowest BCUT2D eigenvalue weighted by Gasteiger charge is -2.11. The molecule has 2 heterocycles. The number of pyridine rings is 1. The molecule has 2 aromatic rings. The quantitative estimate of drug-likeness (QED) is 0.743. The van der Waals surface area contributed by atoms with Gasteiger partial charge in [0.2, 0.25) is 0 Å². The van der Waals surface area contributed by atoms with E-state index < -0.39 is 0 Å². The summed E-state index contributed by atoms with van der Waals surface area (Å²) in [5, 5.41) is 6.52. The molecular formula is C10H11N3O2. The summed E-state index contributed by atoms with van der Waals surface area (Å²) < 4.78 is 1.55. The molecule has 0 saturated heterocycles. The molecule has 2 aromatic heterocycles. The molecule has 5 nitrogen and oxygen atoms in total. The molecule has 0 saturated carbocycles. The van der Waals surface area contributed by atoms with Gasteiger partial charge in [0, 0.05) is 12.1 Å². The number of hydrogen-bond donors (Lipinski definition) is 1. The standard InChI is InChI=1S/C10H11N3O2/c1-6(2)13-8-5-11-12-10(15)7(8)3-4-9(13)14/h3-6H,1-2H3,(H,12,15). The molecule has 2 rings (SSSR count). The smallest absolute Gasteiger partial charge is 0.273 e. The summed E-state index contributed by atoms with van der Waals surface area (Å²) in [6, 6.07) is 2.93. The first kappa shape index (κ1) is 9.64. The maximum atomic E-state index is 11.6. The molecule has 0 unspecified atom stereocenters. The van der Waals surface area contributed by atoms with Crippen LogP contribution in [0.15, 0.2) is 27.9 Å². The number of aromatic amines is 1. The van der Waals surface area contributed by atoms with Gasteiger partial charge in [0.1, 0.15) is 0 Å². The van der Waals surface area contributed by atoms with E-state index in [9.17, 15) is 9.59 Å². The van der Waals surface area contributed by atoms with Crippen LogP contribution >= 0.6 is 0 Å². The molecular weight excluding hydrogens is 194 g/mol. The number of aromatic nitrogens is 3. The second-order valence-electron chi connectivity index (χ2n) is 3.63. The van der Waals surface area contributed by atoms with Gasteiger partial charge in [0.15, 0.2) is 0 Å². The molecule has 0 aliphatic rings. The fraction of sp³-hybridized carbons (Fsp3) is 0.300. The van der Waals surface area contributed by atoms with Crippen LogP contribution in [0.4, 0.5) is 0 Å². The minimum Gasteiger partial charge on any atom is -0.304 e. The van der Waals surface area contributed by atoms with E-state index in [1.165, 1.54) is 18.3 Å². The maximum absolute atomic E-state index is 11.6. The Morgan fingerprint density at radius 1 is 1.33 bits per heavy atom. The van der Waals surface area contributed by atoms with E-state index in [1.807, 2.05) is 13.8 Å².